The third-order valence-corrected chi connectivity index (χ3v) is 2.92. The number of hydrogen-bond acceptors (Lipinski definition) is 4. The topological polar surface area (TPSA) is 60.2 Å². The van der Waals surface area contributed by atoms with Crippen LogP contribution in [0.3, 0.4) is 0 Å². The quantitative estimate of drug-likeness (QED) is 0.587. The summed E-state index contributed by atoms with van der Waals surface area (Å²) in [4.78, 5) is 4.10. The van der Waals surface area contributed by atoms with Crippen LogP contribution in [0, 0.1) is 0 Å². The summed E-state index contributed by atoms with van der Waals surface area (Å²) in [7, 11) is 0. The van der Waals surface area contributed by atoms with E-state index in [9.17, 15) is 0 Å². The summed E-state index contributed by atoms with van der Waals surface area (Å²) >= 11 is 0. The van der Waals surface area contributed by atoms with E-state index in [-0.39, 0.29) is 6.04 Å². The molecule has 0 spiro atoms. The largest absolute Gasteiger partial charge is 0.494 e. The van der Waals surface area contributed by atoms with E-state index in [1.165, 1.54) is 5.56 Å². The van der Waals surface area contributed by atoms with Crippen LogP contribution in [0.2, 0.25) is 0 Å². The predicted molar refractivity (Wildman–Crippen MR) is 75.6 cm³/mol. The van der Waals surface area contributed by atoms with Gasteiger partial charge in [0.25, 0.3) is 0 Å². The monoisotopic (exact) mass is 257 g/mol. The molecule has 2 rings (SSSR count). The van der Waals surface area contributed by atoms with Crippen LogP contribution < -0.4 is 16.0 Å². The summed E-state index contributed by atoms with van der Waals surface area (Å²) in [6, 6.07) is 14.0. The van der Waals surface area contributed by atoms with E-state index in [1.54, 1.807) is 6.20 Å². The number of para-hydroxylation sites is 1. The normalized spacial score (nSPS) is 12.1. The third kappa shape index (κ3) is 4.69. The van der Waals surface area contributed by atoms with Crippen molar-refractivity contribution in [1.82, 2.24) is 10.4 Å². The van der Waals surface area contributed by atoms with Gasteiger partial charge >= 0.3 is 0 Å². The molecule has 4 nitrogen and oxygen atoms in total. The average Bonchev–Trinajstić information content (AvgIpc) is 2.48. The Kier molecular flexibility index (Phi) is 5.34. The van der Waals surface area contributed by atoms with Gasteiger partial charge in [0.1, 0.15) is 5.75 Å². The first-order valence-electron chi connectivity index (χ1n) is 6.41. The second-order valence-electron chi connectivity index (χ2n) is 4.38. The Labute approximate surface area is 113 Å². The molecular weight excluding hydrogens is 238 g/mol. The van der Waals surface area contributed by atoms with E-state index in [4.69, 9.17) is 10.6 Å². The molecule has 1 atom stereocenters. The molecule has 0 saturated heterocycles. The van der Waals surface area contributed by atoms with Crippen LogP contribution in [0.15, 0.2) is 54.9 Å². The number of ether oxygens (including phenoxy) is 1. The molecule has 0 aliphatic carbocycles. The fourth-order valence-electron chi connectivity index (χ4n) is 1.88. The maximum atomic E-state index is 5.66. The molecule has 0 aliphatic heterocycles. The number of nitrogens with one attached hydrogen (secondary N) is 1. The molecule has 0 fully saturated rings. The molecule has 1 aromatic heterocycles. The van der Waals surface area contributed by atoms with Gasteiger partial charge in [0.2, 0.25) is 0 Å². The molecule has 1 unspecified atom stereocenters. The summed E-state index contributed by atoms with van der Waals surface area (Å²) < 4.78 is 5.66. The van der Waals surface area contributed by atoms with Crippen molar-refractivity contribution in [2.24, 2.45) is 5.84 Å². The van der Waals surface area contributed by atoms with Gasteiger partial charge in [-0.15, -0.1) is 0 Å². The van der Waals surface area contributed by atoms with Gasteiger partial charge in [0.05, 0.1) is 6.61 Å². The number of rotatable bonds is 7. The van der Waals surface area contributed by atoms with E-state index >= 15 is 0 Å². The molecule has 1 heterocycles. The van der Waals surface area contributed by atoms with Crippen molar-refractivity contribution in [2.45, 2.75) is 18.9 Å². The average molecular weight is 257 g/mol. The van der Waals surface area contributed by atoms with Crippen molar-refractivity contribution >= 4 is 0 Å². The number of nitrogens with two attached hydrogens (primary N) is 1. The van der Waals surface area contributed by atoms with E-state index in [0.717, 1.165) is 18.6 Å². The first kappa shape index (κ1) is 13.5. The second kappa shape index (κ2) is 7.51. The minimum atomic E-state index is 0.188. The summed E-state index contributed by atoms with van der Waals surface area (Å²) in [5.41, 5.74) is 4.00. The number of nitrogens with zero attached hydrogens (tertiary/aromatic N) is 1. The molecule has 0 bridgehead atoms. The van der Waals surface area contributed by atoms with Crippen molar-refractivity contribution in [3.8, 4) is 5.75 Å². The van der Waals surface area contributed by atoms with Gasteiger partial charge in [-0.25, -0.2) is 0 Å². The molecule has 4 heteroatoms. The van der Waals surface area contributed by atoms with Crippen LogP contribution in [-0.2, 0) is 6.42 Å². The highest BCUT2D eigenvalue weighted by atomic mass is 16.5. The van der Waals surface area contributed by atoms with E-state index in [0.29, 0.717) is 6.61 Å². The van der Waals surface area contributed by atoms with Gasteiger partial charge in [0.15, 0.2) is 0 Å². The van der Waals surface area contributed by atoms with Gasteiger partial charge in [-0.1, -0.05) is 24.3 Å². The summed E-state index contributed by atoms with van der Waals surface area (Å²) in [6.45, 7) is 0.638. The Morgan fingerprint density at radius 3 is 2.68 bits per heavy atom. The minimum Gasteiger partial charge on any atom is -0.494 e. The molecule has 2 aromatic rings. The van der Waals surface area contributed by atoms with Crippen LogP contribution in [0.1, 0.15) is 12.0 Å². The highest BCUT2D eigenvalue weighted by Crippen LogP contribution is 2.10. The lowest BCUT2D eigenvalue weighted by atomic mass is 10.1. The van der Waals surface area contributed by atoms with Crippen molar-refractivity contribution in [1.29, 1.82) is 0 Å². The summed E-state index contributed by atoms with van der Waals surface area (Å²) in [5, 5.41) is 0. The zero-order valence-electron chi connectivity index (χ0n) is 10.8. The van der Waals surface area contributed by atoms with Crippen LogP contribution in [0.5, 0.6) is 5.75 Å². The molecule has 100 valence electrons. The Morgan fingerprint density at radius 1 is 1.16 bits per heavy atom. The lowest BCUT2D eigenvalue weighted by molar-refractivity contribution is 0.285. The molecule has 0 saturated carbocycles. The Hall–Kier alpha value is -1.91. The maximum absolute atomic E-state index is 5.66. The zero-order valence-corrected chi connectivity index (χ0v) is 10.8. The van der Waals surface area contributed by atoms with Gasteiger partial charge in [-0.3, -0.25) is 16.3 Å². The molecule has 0 aliphatic rings. The Morgan fingerprint density at radius 2 is 2.00 bits per heavy atom. The highest BCUT2D eigenvalue weighted by Gasteiger charge is 2.08. The maximum Gasteiger partial charge on any atom is 0.119 e. The van der Waals surface area contributed by atoms with Crippen molar-refractivity contribution in [3.05, 3.63) is 60.4 Å². The number of aromatic nitrogens is 1. The fraction of sp³-hybridized carbons (Fsp3) is 0.267. The van der Waals surface area contributed by atoms with Crippen LogP contribution >= 0.6 is 0 Å². The molecule has 19 heavy (non-hydrogen) atoms. The van der Waals surface area contributed by atoms with E-state index in [2.05, 4.69) is 16.5 Å². The lowest BCUT2D eigenvalue weighted by Gasteiger charge is -2.16. The molecule has 0 amide bonds. The number of pyridine rings is 1. The van der Waals surface area contributed by atoms with Crippen LogP contribution in [0.25, 0.3) is 0 Å². The van der Waals surface area contributed by atoms with Crippen LogP contribution in [0.4, 0.5) is 0 Å². The standard InChI is InChI=1S/C15H19N3O/c16-18-14(11-13-5-4-9-17-12-13)8-10-19-15-6-2-1-3-7-15/h1-7,9,12,14,18H,8,10-11,16H2. The number of benzene rings is 1. The fourth-order valence-corrected chi connectivity index (χ4v) is 1.88. The first-order chi connectivity index (χ1) is 9.38. The third-order valence-electron chi connectivity index (χ3n) is 2.92. The molecule has 3 N–H and O–H groups in total. The van der Waals surface area contributed by atoms with Crippen molar-refractivity contribution in [2.75, 3.05) is 6.61 Å². The van der Waals surface area contributed by atoms with Gasteiger partial charge in [-0.2, -0.15) is 0 Å². The summed E-state index contributed by atoms with van der Waals surface area (Å²) in [5.74, 6) is 6.46. The highest BCUT2D eigenvalue weighted by molar-refractivity contribution is 5.20. The summed E-state index contributed by atoms with van der Waals surface area (Å²) in [6.07, 6.45) is 5.33. The zero-order chi connectivity index (χ0) is 13.3. The lowest BCUT2D eigenvalue weighted by Crippen LogP contribution is -2.37. The van der Waals surface area contributed by atoms with Crippen LogP contribution in [-0.4, -0.2) is 17.6 Å². The molecule has 1 aromatic carbocycles. The van der Waals surface area contributed by atoms with Crippen molar-refractivity contribution in [3.63, 3.8) is 0 Å². The number of hydrazine groups is 1. The van der Waals surface area contributed by atoms with Gasteiger partial charge in [-0.05, 0) is 36.6 Å². The Bertz CT molecular complexity index is 461. The SMILES string of the molecule is NNC(CCOc1ccccc1)Cc1cccnc1. The second-order valence-corrected chi connectivity index (χ2v) is 4.38. The smallest absolute Gasteiger partial charge is 0.119 e. The minimum absolute atomic E-state index is 0.188. The molecular formula is C15H19N3O. The van der Waals surface area contributed by atoms with E-state index in [1.807, 2.05) is 42.6 Å². The Balaban J connectivity index is 1.77. The van der Waals surface area contributed by atoms with Gasteiger partial charge in [0, 0.05) is 18.4 Å². The van der Waals surface area contributed by atoms with E-state index < -0.39 is 0 Å². The predicted octanol–water partition coefficient (Wildman–Crippen LogP) is 1.93. The number of hydrogen-bond donors (Lipinski definition) is 2. The first-order valence-corrected chi connectivity index (χ1v) is 6.41. The molecule has 0 radical (unpaired) electrons. The van der Waals surface area contributed by atoms with Crippen molar-refractivity contribution < 1.29 is 4.74 Å². The van der Waals surface area contributed by atoms with Gasteiger partial charge < -0.3 is 4.74 Å².